The van der Waals surface area contributed by atoms with Crippen LogP contribution in [0.1, 0.15) is 68.9 Å². The van der Waals surface area contributed by atoms with Crippen molar-refractivity contribution in [1.29, 1.82) is 0 Å². The molecule has 13 nitrogen and oxygen atoms in total. The van der Waals surface area contributed by atoms with Crippen molar-refractivity contribution in [3.8, 4) is 39.5 Å². The summed E-state index contributed by atoms with van der Waals surface area (Å²) in [5.74, 6) is 0.718. The molecule has 6 aliphatic rings. The summed E-state index contributed by atoms with van der Waals surface area (Å²) in [6.07, 6.45) is 14.7. The summed E-state index contributed by atoms with van der Waals surface area (Å²) in [5.41, 5.74) is 11.4. The molecule has 5 aromatic rings. The zero-order chi connectivity index (χ0) is 35.2. The number of nitrogens with zero attached hydrogens (tertiary/aromatic N) is 7. The van der Waals surface area contributed by atoms with E-state index in [9.17, 15) is 9.59 Å². The smallest absolute Gasteiger partial charge is 0.270 e. The van der Waals surface area contributed by atoms with Gasteiger partial charge in [-0.15, -0.1) is 0 Å². The summed E-state index contributed by atoms with van der Waals surface area (Å²) in [7, 11) is 1.64. The van der Waals surface area contributed by atoms with E-state index in [4.69, 9.17) is 31.3 Å². The minimum atomic E-state index is -0.0696. The van der Waals surface area contributed by atoms with Gasteiger partial charge in [0.2, 0.25) is 0 Å². The van der Waals surface area contributed by atoms with Crippen LogP contribution in [-0.2, 0) is 43.5 Å². The molecule has 4 aliphatic carbocycles. The molecule has 0 aromatic carbocycles. The number of hydrogen-bond donors (Lipinski definition) is 2. The molecule has 2 aliphatic heterocycles. The van der Waals surface area contributed by atoms with Gasteiger partial charge < -0.3 is 20.1 Å². The molecular weight excluding hydrogens is 682 g/mol. The van der Waals surface area contributed by atoms with Crippen molar-refractivity contribution in [3.63, 3.8) is 0 Å². The van der Waals surface area contributed by atoms with Gasteiger partial charge in [-0.05, 0) is 80.7 Å². The van der Waals surface area contributed by atoms with Crippen LogP contribution in [0, 0.1) is 0 Å². The third-order valence-corrected chi connectivity index (χ3v) is 11.4. The first-order valence-electron chi connectivity index (χ1n) is 17.9. The number of methoxy groups -OCH3 is 1. The molecule has 2 fully saturated rings. The number of hydrogen-bond acceptors (Lipinski definition) is 9. The van der Waals surface area contributed by atoms with Crippen LogP contribution in [0.3, 0.4) is 0 Å². The number of fused-ring (bicyclic) bond motifs is 10. The predicted octanol–water partition coefficient (Wildman–Crippen LogP) is 4.38. The van der Waals surface area contributed by atoms with E-state index < -0.39 is 0 Å². The number of carbonyl (C=O) groups is 2. The van der Waals surface area contributed by atoms with Gasteiger partial charge >= 0.3 is 0 Å². The predicted molar refractivity (Wildman–Crippen MR) is 190 cm³/mol. The van der Waals surface area contributed by atoms with Gasteiger partial charge in [0, 0.05) is 53.5 Å². The van der Waals surface area contributed by atoms with Gasteiger partial charge in [-0.2, -0.15) is 10.2 Å². The maximum absolute atomic E-state index is 12.8. The Morgan fingerprint density at radius 3 is 1.94 bits per heavy atom. The van der Waals surface area contributed by atoms with Crippen molar-refractivity contribution >= 4 is 23.4 Å². The molecule has 264 valence electrons. The van der Waals surface area contributed by atoms with E-state index in [0.717, 1.165) is 132 Å². The van der Waals surface area contributed by atoms with Gasteiger partial charge in [-0.1, -0.05) is 11.6 Å². The Hall–Kier alpha value is -5.14. The molecule has 0 saturated heterocycles. The molecule has 52 heavy (non-hydrogen) atoms. The first kappa shape index (κ1) is 31.6. The van der Waals surface area contributed by atoms with Crippen LogP contribution in [0.25, 0.3) is 33.8 Å². The van der Waals surface area contributed by atoms with Crippen molar-refractivity contribution < 1.29 is 19.1 Å². The van der Waals surface area contributed by atoms with Crippen molar-refractivity contribution in [2.24, 2.45) is 0 Å². The number of carbonyl (C=O) groups excluding carboxylic acids is 2. The Morgan fingerprint density at radius 1 is 0.750 bits per heavy atom. The lowest BCUT2D eigenvalue weighted by molar-refractivity contribution is 0.0876. The second-order valence-electron chi connectivity index (χ2n) is 14.8. The Morgan fingerprint density at radius 2 is 1.35 bits per heavy atom. The largest absolute Gasteiger partial charge is 0.490 e. The summed E-state index contributed by atoms with van der Waals surface area (Å²) >= 11 is 6.03. The molecule has 5 aromatic heterocycles. The topological polar surface area (TPSA) is 151 Å². The highest BCUT2D eigenvalue weighted by atomic mass is 35.5. The van der Waals surface area contributed by atoms with Crippen LogP contribution in [0.2, 0.25) is 5.15 Å². The molecule has 7 heterocycles. The Bertz CT molecular complexity index is 2320. The number of aryl methyl sites for hydroxylation is 2. The lowest BCUT2D eigenvalue weighted by Crippen LogP contribution is -2.46. The average Bonchev–Trinajstić information content (AvgIpc) is 3.98. The maximum Gasteiger partial charge on any atom is 0.270 e. The highest BCUT2D eigenvalue weighted by molar-refractivity contribution is 6.29. The molecule has 0 bridgehead atoms. The normalized spacial score (nSPS) is 18.7. The van der Waals surface area contributed by atoms with E-state index in [0.29, 0.717) is 24.1 Å². The van der Waals surface area contributed by atoms with Crippen LogP contribution in [0.5, 0.6) is 5.75 Å². The minimum absolute atomic E-state index is 0.0142. The molecule has 0 radical (unpaired) electrons. The Balaban J connectivity index is 0.000000140. The number of ether oxygens (including phenoxy) is 2. The highest BCUT2D eigenvalue weighted by Crippen LogP contribution is 2.44. The van der Waals surface area contributed by atoms with E-state index >= 15 is 0 Å². The zero-order valence-corrected chi connectivity index (χ0v) is 29.4. The molecule has 2 spiro atoms. The van der Waals surface area contributed by atoms with E-state index in [-0.39, 0.29) is 22.9 Å². The first-order valence-corrected chi connectivity index (χ1v) is 18.2. The van der Waals surface area contributed by atoms with Gasteiger partial charge in [-0.25, -0.2) is 4.98 Å². The fraction of sp³-hybridized carbons (Fsp3) is 0.395. The highest BCUT2D eigenvalue weighted by Gasteiger charge is 2.50. The number of amides is 2. The molecule has 2 N–H and O–H groups in total. The molecule has 0 atom stereocenters. The number of halogens is 1. The van der Waals surface area contributed by atoms with Crippen molar-refractivity contribution in [2.75, 3.05) is 20.3 Å². The second kappa shape index (κ2) is 11.7. The number of rotatable bonds is 5. The summed E-state index contributed by atoms with van der Waals surface area (Å²) < 4.78 is 14.6. The first-order chi connectivity index (χ1) is 25.3. The number of pyridine rings is 3. The Kier molecular flexibility index (Phi) is 7.10. The summed E-state index contributed by atoms with van der Waals surface area (Å²) in [5, 5.41) is 16.5. The van der Waals surface area contributed by atoms with Gasteiger partial charge in [0.05, 0.1) is 54.1 Å². The average molecular weight is 718 g/mol. The van der Waals surface area contributed by atoms with Crippen molar-refractivity contribution in [1.82, 2.24) is 45.1 Å². The zero-order valence-electron chi connectivity index (χ0n) is 28.7. The van der Waals surface area contributed by atoms with Crippen molar-refractivity contribution in [3.05, 3.63) is 81.8 Å². The SMILES string of the molecule is COCCOc1cncc(-c2cc3c(cn2)CCc2c-3nn3c2C(=O)NC2(CC2)C3)c1.O=C1NC2(CC2)Cn2nc3c(c21)CCc1cnc(Cl)cc1-3. The van der Waals surface area contributed by atoms with Crippen molar-refractivity contribution in [2.45, 2.75) is 75.5 Å². The van der Waals surface area contributed by atoms with Gasteiger partial charge in [0.15, 0.2) is 0 Å². The minimum Gasteiger partial charge on any atom is -0.490 e. The second-order valence-corrected chi connectivity index (χ2v) is 15.2. The molecule has 2 saturated carbocycles. The molecule has 14 heteroatoms. The lowest BCUT2D eigenvalue weighted by Gasteiger charge is -2.24. The quantitative estimate of drug-likeness (QED) is 0.199. The molecule has 11 rings (SSSR count). The van der Waals surface area contributed by atoms with E-state index in [1.54, 1.807) is 19.5 Å². The number of aromatic nitrogens is 7. The van der Waals surface area contributed by atoms with Crippen LogP contribution in [0.4, 0.5) is 0 Å². The van der Waals surface area contributed by atoms with Crippen LogP contribution in [0.15, 0.2) is 43.0 Å². The standard InChI is InChI=1S/C23H23N5O3.C15H13ClN4O/c1-30-6-7-31-16-8-15(10-24-12-16)19-9-18-14(11-25-19)2-3-17-20(18)27-28-13-23(4-5-23)26-22(29)21(17)28;16-11-5-10-8(6-17-11)1-2-9-12(10)19-20-7-15(3-4-15)18-14(21)13(9)20/h8-12H,2-7,13H2,1H3,(H,26,29);5-6H,1-4,7H2,(H,18,21). The fourth-order valence-corrected chi connectivity index (χ4v) is 8.26. The monoisotopic (exact) mass is 717 g/mol. The van der Waals surface area contributed by atoms with E-state index in [1.165, 1.54) is 0 Å². The Labute approximate surface area is 304 Å². The third kappa shape index (κ3) is 5.28. The van der Waals surface area contributed by atoms with Crippen LogP contribution < -0.4 is 15.4 Å². The van der Waals surface area contributed by atoms with Crippen LogP contribution in [-0.4, -0.2) is 77.7 Å². The van der Waals surface area contributed by atoms with Crippen LogP contribution >= 0.6 is 11.6 Å². The van der Waals surface area contributed by atoms with E-state index in [2.05, 4.69) is 31.7 Å². The lowest BCUT2D eigenvalue weighted by atomic mass is 9.89. The summed E-state index contributed by atoms with van der Waals surface area (Å²) in [6, 6.07) is 5.86. The molecule has 2 amide bonds. The van der Waals surface area contributed by atoms with Gasteiger partial charge in [0.1, 0.15) is 28.9 Å². The summed E-state index contributed by atoms with van der Waals surface area (Å²) in [4.78, 5) is 38.4. The van der Waals surface area contributed by atoms with Gasteiger partial charge in [-0.3, -0.25) is 28.9 Å². The van der Waals surface area contributed by atoms with Gasteiger partial charge in [0.25, 0.3) is 11.8 Å². The number of nitrogens with one attached hydrogen (secondary N) is 2. The summed E-state index contributed by atoms with van der Waals surface area (Å²) in [6.45, 7) is 2.53. The maximum atomic E-state index is 12.8. The fourth-order valence-electron chi connectivity index (χ4n) is 8.10. The molecular formula is C38H36ClN9O4. The van der Waals surface area contributed by atoms with E-state index in [1.807, 2.05) is 33.9 Å². The third-order valence-electron chi connectivity index (χ3n) is 11.2. The molecule has 0 unspecified atom stereocenters.